The third kappa shape index (κ3) is 5.53. The van der Waals surface area contributed by atoms with Crippen LogP contribution in [-0.4, -0.2) is 15.9 Å². The van der Waals surface area contributed by atoms with E-state index in [1.165, 1.54) is 6.92 Å². The van der Waals surface area contributed by atoms with Crippen molar-refractivity contribution in [1.29, 1.82) is 0 Å². The molecule has 0 radical (unpaired) electrons. The van der Waals surface area contributed by atoms with E-state index in [1.807, 2.05) is 0 Å². The number of hydrogen-bond donors (Lipinski definition) is 0. The number of carbonyl (C=O) groups excluding carboxylic acids is 1. The molecule has 0 spiro atoms. The van der Waals surface area contributed by atoms with Gasteiger partial charge in [-0.05, 0) is 6.07 Å². The van der Waals surface area contributed by atoms with E-state index in [-0.39, 0.29) is 15.8 Å². The summed E-state index contributed by atoms with van der Waals surface area (Å²) < 4.78 is 38.0. The number of thioether (sulfide) groups is 1. The Balaban J connectivity index is 2.85. The highest BCUT2D eigenvalue weighted by Gasteiger charge is 2.33. The van der Waals surface area contributed by atoms with Gasteiger partial charge in [-0.2, -0.15) is 13.2 Å². The zero-order chi connectivity index (χ0) is 14.5. The van der Waals surface area contributed by atoms with Crippen LogP contribution in [0.15, 0.2) is 12.3 Å². The predicted molar refractivity (Wildman–Crippen MR) is 68.9 cm³/mol. The van der Waals surface area contributed by atoms with Crippen LogP contribution in [0.25, 0.3) is 0 Å². The molecular formula is C12H9ClF3NOS. The van der Waals surface area contributed by atoms with Crippen molar-refractivity contribution >= 4 is 28.5 Å². The molecular weight excluding hydrogens is 299 g/mol. The molecule has 1 aromatic heterocycles. The first-order valence-electron chi connectivity index (χ1n) is 5.15. The van der Waals surface area contributed by atoms with Crippen molar-refractivity contribution in [1.82, 2.24) is 4.98 Å². The van der Waals surface area contributed by atoms with E-state index in [0.29, 0.717) is 18.4 Å². The first-order chi connectivity index (χ1) is 8.80. The monoisotopic (exact) mass is 307 g/mol. The van der Waals surface area contributed by atoms with Crippen LogP contribution in [0.1, 0.15) is 24.5 Å². The van der Waals surface area contributed by atoms with Crippen LogP contribution in [0.5, 0.6) is 0 Å². The summed E-state index contributed by atoms with van der Waals surface area (Å²) in [5, 5.41) is -0.0971. The first kappa shape index (κ1) is 15.9. The van der Waals surface area contributed by atoms with Crippen LogP contribution >= 0.6 is 23.4 Å². The van der Waals surface area contributed by atoms with Crippen molar-refractivity contribution in [3.63, 3.8) is 0 Å². The van der Waals surface area contributed by atoms with Gasteiger partial charge >= 0.3 is 6.18 Å². The molecule has 0 N–H and O–H groups in total. The molecule has 1 rings (SSSR count). The fourth-order valence-corrected chi connectivity index (χ4v) is 1.81. The zero-order valence-electron chi connectivity index (χ0n) is 9.84. The predicted octanol–water partition coefficient (Wildman–Crippen LogP) is 3.78. The molecule has 7 heteroatoms. The molecule has 102 valence electrons. The lowest BCUT2D eigenvalue weighted by molar-refractivity contribution is -0.138. The number of carbonyl (C=O) groups is 1. The molecule has 0 aromatic carbocycles. The summed E-state index contributed by atoms with van der Waals surface area (Å²) in [7, 11) is 0. The van der Waals surface area contributed by atoms with Gasteiger partial charge in [0.25, 0.3) is 0 Å². The fraction of sp³-hybridized carbons (Fsp3) is 0.333. The highest BCUT2D eigenvalue weighted by Crippen LogP contribution is 2.31. The minimum atomic E-state index is -4.52. The Morgan fingerprint density at radius 2 is 2.21 bits per heavy atom. The highest BCUT2D eigenvalue weighted by molar-refractivity contribution is 8.13. The van der Waals surface area contributed by atoms with E-state index in [9.17, 15) is 18.0 Å². The average Bonchev–Trinajstić information content (AvgIpc) is 2.26. The topological polar surface area (TPSA) is 30.0 Å². The largest absolute Gasteiger partial charge is 0.419 e. The lowest BCUT2D eigenvalue weighted by Gasteiger charge is -2.08. The van der Waals surface area contributed by atoms with Crippen LogP contribution in [0.3, 0.4) is 0 Å². The van der Waals surface area contributed by atoms with E-state index in [4.69, 9.17) is 11.6 Å². The van der Waals surface area contributed by atoms with Crippen LogP contribution < -0.4 is 0 Å². The third-order valence-electron chi connectivity index (χ3n) is 1.93. The summed E-state index contributed by atoms with van der Waals surface area (Å²) in [6.07, 6.45) is -3.53. The Bertz CT molecular complexity index is 534. The normalized spacial score (nSPS) is 10.8. The summed E-state index contributed by atoms with van der Waals surface area (Å²) in [5.74, 6) is 5.45. The van der Waals surface area contributed by atoms with E-state index in [2.05, 4.69) is 16.8 Å². The van der Waals surface area contributed by atoms with Gasteiger partial charge in [-0.1, -0.05) is 35.2 Å². The van der Waals surface area contributed by atoms with E-state index >= 15 is 0 Å². The van der Waals surface area contributed by atoms with Crippen LogP contribution in [-0.2, 0) is 11.0 Å². The zero-order valence-corrected chi connectivity index (χ0v) is 11.4. The summed E-state index contributed by atoms with van der Waals surface area (Å²) in [6, 6.07) is 1.08. The molecule has 0 fully saturated rings. The molecule has 1 aromatic rings. The molecule has 0 saturated carbocycles. The molecule has 2 nitrogen and oxygen atoms in total. The Morgan fingerprint density at radius 3 is 2.79 bits per heavy atom. The van der Waals surface area contributed by atoms with Crippen LogP contribution in [0, 0.1) is 11.8 Å². The Hall–Kier alpha value is -1.19. The molecule has 0 atom stereocenters. The molecule has 0 saturated heterocycles. The van der Waals surface area contributed by atoms with Gasteiger partial charge in [0.1, 0.15) is 5.15 Å². The van der Waals surface area contributed by atoms with Gasteiger partial charge in [0.15, 0.2) is 5.12 Å². The number of rotatable bonds is 2. The molecule has 0 unspecified atom stereocenters. The van der Waals surface area contributed by atoms with E-state index in [0.717, 1.165) is 17.8 Å². The number of nitrogens with zero attached hydrogens (tertiary/aromatic N) is 1. The Labute approximate surface area is 117 Å². The van der Waals surface area contributed by atoms with Gasteiger partial charge in [-0.15, -0.1) is 0 Å². The van der Waals surface area contributed by atoms with Crippen molar-refractivity contribution in [3.05, 3.63) is 28.5 Å². The van der Waals surface area contributed by atoms with Crippen LogP contribution in [0.4, 0.5) is 13.2 Å². The molecule has 0 bridgehead atoms. The smallest absolute Gasteiger partial charge is 0.288 e. The molecule has 1 heterocycles. The maximum atomic E-state index is 12.7. The fourth-order valence-electron chi connectivity index (χ4n) is 1.16. The van der Waals surface area contributed by atoms with Crippen LogP contribution in [0.2, 0.25) is 5.15 Å². The van der Waals surface area contributed by atoms with Gasteiger partial charge in [-0.25, -0.2) is 4.98 Å². The molecule has 0 aliphatic heterocycles. The summed E-state index contributed by atoms with van der Waals surface area (Å²) >= 11 is 6.63. The number of alkyl halides is 3. The summed E-state index contributed by atoms with van der Waals surface area (Å²) in [5.41, 5.74) is -1.12. The quantitative estimate of drug-likeness (QED) is 0.473. The lowest BCUT2D eigenvalue weighted by atomic mass is 10.1. The second-order valence-electron chi connectivity index (χ2n) is 3.44. The summed E-state index contributed by atoms with van der Waals surface area (Å²) in [6.45, 7) is 1.42. The Kier molecular flexibility index (Phi) is 5.70. The van der Waals surface area contributed by atoms with Gasteiger partial charge in [0.2, 0.25) is 0 Å². The van der Waals surface area contributed by atoms with Gasteiger partial charge in [0, 0.05) is 30.9 Å². The average molecular weight is 308 g/mol. The summed E-state index contributed by atoms with van der Waals surface area (Å²) in [4.78, 5) is 14.1. The van der Waals surface area contributed by atoms with Gasteiger partial charge in [0.05, 0.1) is 5.56 Å². The van der Waals surface area contributed by atoms with E-state index in [1.54, 1.807) is 0 Å². The number of pyridine rings is 1. The van der Waals surface area contributed by atoms with Crippen molar-refractivity contribution < 1.29 is 18.0 Å². The molecule has 0 amide bonds. The third-order valence-corrected chi connectivity index (χ3v) is 2.95. The number of hydrogen-bond acceptors (Lipinski definition) is 3. The first-order valence-corrected chi connectivity index (χ1v) is 6.52. The standard InChI is InChI=1S/C12H9ClF3NOS/c1-8(18)19-5-3-2-4-9-6-11(13)17-7-10(9)12(14,15)16/h6-7H,3,5H2,1H3. The molecule has 0 aliphatic rings. The lowest BCUT2D eigenvalue weighted by Crippen LogP contribution is -2.08. The second kappa shape index (κ2) is 6.83. The second-order valence-corrected chi connectivity index (χ2v) is 5.10. The maximum Gasteiger partial charge on any atom is 0.419 e. The SMILES string of the molecule is CC(=O)SCCC#Cc1cc(Cl)ncc1C(F)(F)F. The number of halogens is 4. The van der Waals surface area contributed by atoms with Gasteiger partial charge in [-0.3, -0.25) is 4.79 Å². The minimum absolute atomic E-state index is 0.0459. The molecule has 0 aliphatic carbocycles. The van der Waals surface area contributed by atoms with Crippen molar-refractivity contribution in [3.8, 4) is 11.8 Å². The maximum absolute atomic E-state index is 12.7. The van der Waals surface area contributed by atoms with Crippen molar-refractivity contribution in [2.75, 3.05) is 5.75 Å². The van der Waals surface area contributed by atoms with Gasteiger partial charge < -0.3 is 0 Å². The minimum Gasteiger partial charge on any atom is -0.288 e. The molecule has 19 heavy (non-hydrogen) atoms. The highest BCUT2D eigenvalue weighted by atomic mass is 35.5. The Morgan fingerprint density at radius 1 is 1.53 bits per heavy atom. The van der Waals surface area contributed by atoms with E-state index < -0.39 is 11.7 Å². The number of aromatic nitrogens is 1. The van der Waals surface area contributed by atoms with Crippen molar-refractivity contribution in [2.24, 2.45) is 0 Å². The van der Waals surface area contributed by atoms with Crippen molar-refractivity contribution in [2.45, 2.75) is 19.5 Å².